The maximum Gasteiger partial charge on any atom is 0.345 e. The van der Waals surface area contributed by atoms with Crippen molar-refractivity contribution >= 4 is 30.0 Å². The van der Waals surface area contributed by atoms with Crippen molar-refractivity contribution in [1.82, 2.24) is 0 Å². The molecular weight excluding hydrogens is 296 g/mol. The number of aromatic carboxylic acids is 2. The predicted molar refractivity (Wildman–Crippen MR) is 72.4 cm³/mol. The van der Waals surface area contributed by atoms with Gasteiger partial charge in [-0.1, -0.05) is 6.07 Å². The monoisotopic (exact) mass is 308 g/mol. The lowest BCUT2D eigenvalue weighted by Gasteiger charge is -2.06. The third-order valence-corrected chi connectivity index (χ3v) is 2.64. The lowest BCUT2D eigenvalue weighted by molar-refractivity contribution is -0.143. The van der Waals surface area contributed by atoms with Crippen LogP contribution in [0.2, 0.25) is 0 Å². The van der Waals surface area contributed by atoms with Gasteiger partial charge in [0.15, 0.2) is 0 Å². The molecule has 0 radical (unpaired) electrons. The van der Waals surface area contributed by atoms with Crippen molar-refractivity contribution in [2.45, 2.75) is 0 Å². The third kappa shape index (κ3) is 3.69. The molecule has 2 N–H and O–H groups in total. The van der Waals surface area contributed by atoms with E-state index < -0.39 is 29.5 Å². The molecule has 0 aromatic heterocycles. The lowest BCUT2D eigenvalue weighted by Crippen LogP contribution is -2.16. The highest BCUT2D eigenvalue weighted by molar-refractivity contribution is 6.18. The fourth-order valence-electron chi connectivity index (χ4n) is 1.58. The summed E-state index contributed by atoms with van der Waals surface area (Å²) in [6.45, 7) is 0. The summed E-state index contributed by atoms with van der Waals surface area (Å²) < 4.78 is 8.84. The molecule has 0 fully saturated rings. The van der Waals surface area contributed by atoms with Gasteiger partial charge in [0.05, 0.1) is 25.3 Å². The Labute approximate surface area is 124 Å². The molecule has 0 saturated carbocycles. The Morgan fingerprint density at radius 3 is 1.91 bits per heavy atom. The van der Waals surface area contributed by atoms with E-state index in [1.54, 1.807) is 0 Å². The molecule has 8 nitrogen and oxygen atoms in total. The van der Waals surface area contributed by atoms with Crippen LogP contribution in [0.3, 0.4) is 0 Å². The number of rotatable bonds is 5. The van der Waals surface area contributed by atoms with E-state index in [1.165, 1.54) is 6.07 Å². The van der Waals surface area contributed by atoms with Crippen LogP contribution in [0.4, 0.5) is 0 Å². The van der Waals surface area contributed by atoms with E-state index in [-0.39, 0.29) is 16.7 Å². The maximum atomic E-state index is 11.5. The third-order valence-electron chi connectivity index (χ3n) is 2.64. The highest BCUT2D eigenvalue weighted by atomic mass is 16.5. The molecule has 0 aliphatic carbocycles. The smallest absolute Gasteiger partial charge is 0.345 e. The number of carboxylic acids is 2. The van der Waals surface area contributed by atoms with Crippen LogP contribution >= 0.6 is 0 Å². The zero-order valence-corrected chi connectivity index (χ0v) is 11.7. The summed E-state index contributed by atoms with van der Waals surface area (Å²) >= 11 is 0. The Balaban J connectivity index is 3.49. The predicted octanol–water partition coefficient (Wildman–Crippen LogP) is 0.812. The molecule has 8 heteroatoms. The van der Waals surface area contributed by atoms with Crippen LogP contribution in [0.1, 0.15) is 26.3 Å². The number of ether oxygens (including phenoxy) is 2. The molecule has 0 spiro atoms. The van der Waals surface area contributed by atoms with Gasteiger partial charge in [0, 0.05) is 0 Å². The van der Waals surface area contributed by atoms with Gasteiger partial charge in [0.1, 0.15) is 5.57 Å². The largest absolute Gasteiger partial charge is 0.478 e. The molecule has 1 aromatic carbocycles. The maximum absolute atomic E-state index is 11.5. The Kier molecular flexibility index (Phi) is 5.39. The second-order valence-corrected chi connectivity index (χ2v) is 3.95. The van der Waals surface area contributed by atoms with Gasteiger partial charge >= 0.3 is 23.9 Å². The highest BCUT2D eigenvalue weighted by Crippen LogP contribution is 2.17. The minimum atomic E-state index is -1.41. The van der Waals surface area contributed by atoms with Crippen LogP contribution in [0, 0.1) is 0 Å². The summed E-state index contributed by atoms with van der Waals surface area (Å²) in [6, 6.07) is 3.23. The van der Waals surface area contributed by atoms with E-state index in [9.17, 15) is 19.2 Å². The molecule has 1 rings (SSSR count). The van der Waals surface area contributed by atoms with E-state index in [1.807, 2.05) is 0 Å². The van der Waals surface area contributed by atoms with Crippen molar-refractivity contribution in [3.05, 3.63) is 40.5 Å². The Morgan fingerprint density at radius 2 is 1.50 bits per heavy atom. The van der Waals surface area contributed by atoms with Crippen LogP contribution < -0.4 is 0 Å². The summed E-state index contributed by atoms with van der Waals surface area (Å²) in [4.78, 5) is 45.1. The van der Waals surface area contributed by atoms with Crippen molar-refractivity contribution in [3.8, 4) is 0 Å². The molecule has 0 saturated heterocycles. The van der Waals surface area contributed by atoms with Crippen LogP contribution in [-0.2, 0) is 19.1 Å². The molecule has 0 atom stereocenters. The summed E-state index contributed by atoms with van der Waals surface area (Å²) in [5.74, 6) is -4.74. The fraction of sp³-hybridized carbons (Fsp3) is 0.143. The highest BCUT2D eigenvalue weighted by Gasteiger charge is 2.21. The standard InChI is InChI=1S/C14H12O8/c1-21-13(19)10(14(20)22-2)5-7-3-4-8(11(15)16)6-9(7)12(17)18/h3-6H,1-2H3,(H,15,16)(H,17,18). The van der Waals surface area contributed by atoms with Gasteiger partial charge in [-0.3, -0.25) is 0 Å². The Morgan fingerprint density at radius 1 is 0.955 bits per heavy atom. The number of carbonyl (C=O) groups excluding carboxylic acids is 2. The van der Waals surface area contributed by atoms with Gasteiger partial charge < -0.3 is 19.7 Å². The van der Waals surface area contributed by atoms with Crippen LogP contribution in [0.15, 0.2) is 23.8 Å². The fourth-order valence-corrected chi connectivity index (χ4v) is 1.58. The average molecular weight is 308 g/mol. The van der Waals surface area contributed by atoms with Crippen molar-refractivity contribution in [3.63, 3.8) is 0 Å². The zero-order valence-electron chi connectivity index (χ0n) is 11.7. The molecule has 0 unspecified atom stereocenters. The Bertz CT molecular complexity index is 653. The first-order valence-electron chi connectivity index (χ1n) is 5.80. The van der Waals surface area contributed by atoms with Gasteiger partial charge in [-0.25, -0.2) is 19.2 Å². The summed E-state index contributed by atoms with van der Waals surface area (Å²) in [7, 11) is 2.09. The number of methoxy groups -OCH3 is 2. The van der Waals surface area contributed by atoms with Crippen LogP contribution in [0.25, 0.3) is 6.08 Å². The zero-order chi connectivity index (χ0) is 16.9. The number of hydrogen-bond donors (Lipinski definition) is 2. The molecular formula is C14H12O8. The summed E-state index contributed by atoms with van der Waals surface area (Å²) in [6.07, 6.45) is 0.965. The molecule has 0 heterocycles. The van der Waals surface area contributed by atoms with Gasteiger partial charge in [-0.15, -0.1) is 0 Å². The molecule has 116 valence electrons. The topological polar surface area (TPSA) is 127 Å². The lowest BCUT2D eigenvalue weighted by atomic mass is 10.0. The molecule has 0 aliphatic rings. The molecule has 22 heavy (non-hydrogen) atoms. The number of hydrogen-bond acceptors (Lipinski definition) is 6. The van der Waals surface area contributed by atoms with Crippen molar-refractivity contribution < 1.29 is 38.9 Å². The van der Waals surface area contributed by atoms with Gasteiger partial charge in [-0.2, -0.15) is 0 Å². The van der Waals surface area contributed by atoms with Crippen molar-refractivity contribution in [2.75, 3.05) is 14.2 Å². The molecule has 1 aromatic rings. The first-order valence-corrected chi connectivity index (χ1v) is 5.80. The SMILES string of the molecule is COC(=O)C(=Cc1ccc(C(=O)O)cc1C(=O)O)C(=O)OC. The number of benzene rings is 1. The van der Waals surface area contributed by atoms with E-state index in [2.05, 4.69) is 9.47 Å². The van der Waals surface area contributed by atoms with Crippen LogP contribution in [-0.4, -0.2) is 48.3 Å². The van der Waals surface area contributed by atoms with Crippen molar-refractivity contribution in [2.24, 2.45) is 0 Å². The second kappa shape index (κ2) is 7.02. The second-order valence-electron chi connectivity index (χ2n) is 3.95. The quantitative estimate of drug-likeness (QED) is 0.354. The van der Waals surface area contributed by atoms with E-state index in [0.717, 1.165) is 32.4 Å². The number of carboxylic acid groups (broad SMARTS) is 2. The minimum Gasteiger partial charge on any atom is -0.478 e. The number of esters is 2. The van der Waals surface area contributed by atoms with Gasteiger partial charge in [0.25, 0.3) is 0 Å². The first kappa shape index (κ1) is 16.9. The average Bonchev–Trinajstić information content (AvgIpc) is 2.50. The van der Waals surface area contributed by atoms with Crippen LogP contribution in [0.5, 0.6) is 0 Å². The van der Waals surface area contributed by atoms with E-state index >= 15 is 0 Å². The number of carbonyl (C=O) groups is 4. The normalized spacial score (nSPS) is 9.55. The molecule has 0 bridgehead atoms. The van der Waals surface area contributed by atoms with Gasteiger partial charge in [0.2, 0.25) is 0 Å². The minimum absolute atomic E-state index is 0.0386. The Hall–Kier alpha value is -3.16. The van der Waals surface area contributed by atoms with E-state index in [4.69, 9.17) is 10.2 Å². The van der Waals surface area contributed by atoms with Gasteiger partial charge in [-0.05, 0) is 23.8 Å². The molecule has 0 aliphatic heterocycles. The molecule has 0 amide bonds. The summed E-state index contributed by atoms with van der Waals surface area (Å²) in [5.41, 5.74) is -1.18. The summed E-state index contributed by atoms with van der Waals surface area (Å²) in [5, 5.41) is 18.0. The van der Waals surface area contributed by atoms with E-state index in [0.29, 0.717) is 0 Å². The van der Waals surface area contributed by atoms with Crippen molar-refractivity contribution in [1.29, 1.82) is 0 Å². The first-order chi connectivity index (χ1) is 10.3.